The predicted molar refractivity (Wildman–Crippen MR) is 127 cm³/mol. The first-order valence-corrected chi connectivity index (χ1v) is 10.9. The molecule has 0 aliphatic heterocycles. The van der Waals surface area contributed by atoms with E-state index in [1.54, 1.807) is 48.5 Å². The second-order valence-corrected chi connectivity index (χ2v) is 7.44. The zero-order valence-corrected chi connectivity index (χ0v) is 18.6. The van der Waals surface area contributed by atoms with Crippen LogP contribution in [0, 0.1) is 0 Å². The van der Waals surface area contributed by atoms with Crippen LogP contribution in [-0.2, 0) is 0 Å². The number of benzene rings is 3. The van der Waals surface area contributed by atoms with Gasteiger partial charge in [-0.2, -0.15) is 0 Å². The number of hydrogen-bond acceptors (Lipinski definition) is 3. The summed E-state index contributed by atoms with van der Waals surface area (Å²) in [6.45, 7) is 7.90. The first-order chi connectivity index (χ1) is 15.6. The molecule has 0 saturated carbocycles. The Balaban J connectivity index is 1.55. The Hall–Kier alpha value is -3.64. The van der Waals surface area contributed by atoms with Crippen LogP contribution < -0.4 is 20.3 Å². The van der Waals surface area contributed by atoms with Crippen molar-refractivity contribution in [2.45, 2.75) is 13.8 Å². The van der Waals surface area contributed by atoms with Crippen LogP contribution in [0.2, 0.25) is 0 Å². The molecule has 3 N–H and O–H groups in total. The maximum atomic E-state index is 12.7. The number of nitrogens with one attached hydrogen (secondary N) is 3. The number of quaternary nitrogens is 1. The average molecular weight is 433 g/mol. The molecule has 0 aliphatic rings. The lowest BCUT2D eigenvalue weighted by molar-refractivity contribution is -0.895. The smallest absolute Gasteiger partial charge is 0.255 e. The predicted octanol–water partition coefficient (Wildman–Crippen LogP) is 3.39. The fourth-order valence-electron chi connectivity index (χ4n) is 3.29. The highest BCUT2D eigenvalue weighted by Gasteiger charge is 2.10. The molecule has 3 rings (SSSR count). The lowest BCUT2D eigenvalue weighted by atomic mass is 10.1. The summed E-state index contributed by atoms with van der Waals surface area (Å²) in [4.78, 5) is 26.4. The Morgan fingerprint density at radius 1 is 0.781 bits per heavy atom. The van der Waals surface area contributed by atoms with E-state index in [0.29, 0.717) is 34.9 Å². The molecule has 0 heterocycles. The number of rotatable bonds is 10. The summed E-state index contributed by atoms with van der Waals surface area (Å²) in [5.41, 5.74) is 1.67. The number of hydrogen-bond donors (Lipinski definition) is 3. The highest BCUT2D eigenvalue weighted by Crippen LogP contribution is 2.22. The standard InChI is InChI=1S/C26H29N3O3/c1-3-29(4-2)18-17-27-25(30)20-13-15-22(16-14-20)28-26(31)21-9-8-12-24(19-21)32-23-10-6-5-7-11-23/h5-16,19H,3-4,17-18H2,1-2H3,(H,27,30)(H,28,31)/p+1. The largest absolute Gasteiger partial charge is 0.457 e. The lowest BCUT2D eigenvalue weighted by Gasteiger charge is -2.15. The Kier molecular flexibility index (Phi) is 8.40. The van der Waals surface area contributed by atoms with Crippen LogP contribution >= 0.6 is 0 Å². The summed E-state index contributed by atoms with van der Waals surface area (Å²) in [5, 5.41) is 5.81. The van der Waals surface area contributed by atoms with Crippen molar-refractivity contribution in [2.24, 2.45) is 0 Å². The quantitative estimate of drug-likeness (QED) is 0.460. The summed E-state index contributed by atoms with van der Waals surface area (Å²) in [7, 11) is 0. The van der Waals surface area contributed by atoms with E-state index in [1.807, 2.05) is 30.3 Å². The molecule has 0 spiro atoms. The molecular formula is C26H30N3O3+. The molecular weight excluding hydrogens is 402 g/mol. The van der Waals surface area contributed by atoms with Crippen molar-refractivity contribution in [3.63, 3.8) is 0 Å². The molecule has 166 valence electrons. The molecule has 0 saturated heterocycles. The fourth-order valence-corrected chi connectivity index (χ4v) is 3.29. The molecule has 3 aromatic carbocycles. The number of carbonyl (C=O) groups is 2. The van der Waals surface area contributed by atoms with Gasteiger partial charge in [-0.05, 0) is 68.4 Å². The Morgan fingerprint density at radius 3 is 2.16 bits per heavy atom. The average Bonchev–Trinajstić information content (AvgIpc) is 2.83. The molecule has 2 amide bonds. The van der Waals surface area contributed by atoms with E-state index in [4.69, 9.17) is 4.74 Å². The molecule has 0 fully saturated rings. The summed E-state index contributed by atoms with van der Waals surface area (Å²) >= 11 is 0. The van der Waals surface area contributed by atoms with Crippen LogP contribution in [0.4, 0.5) is 5.69 Å². The van der Waals surface area contributed by atoms with Crippen molar-refractivity contribution in [1.29, 1.82) is 0 Å². The summed E-state index contributed by atoms with van der Waals surface area (Å²) < 4.78 is 5.80. The van der Waals surface area contributed by atoms with Crippen molar-refractivity contribution in [2.75, 3.05) is 31.5 Å². The number of amides is 2. The van der Waals surface area contributed by atoms with E-state index in [2.05, 4.69) is 24.5 Å². The minimum Gasteiger partial charge on any atom is -0.457 e. The van der Waals surface area contributed by atoms with E-state index in [0.717, 1.165) is 19.6 Å². The van der Waals surface area contributed by atoms with Crippen LogP contribution in [0.25, 0.3) is 0 Å². The Bertz CT molecular complexity index is 1020. The number of ether oxygens (including phenoxy) is 1. The third-order valence-electron chi connectivity index (χ3n) is 5.24. The normalized spacial score (nSPS) is 10.6. The molecule has 6 nitrogen and oxygen atoms in total. The summed E-state index contributed by atoms with van der Waals surface area (Å²) in [6, 6.07) is 23.3. The highest BCUT2D eigenvalue weighted by molar-refractivity contribution is 6.04. The minimum absolute atomic E-state index is 0.111. The topological polar surface area (TPSA) is 71.9 Å². The number of carbonyl (C=O) groups excluding carboxylic acids is 2. The second kappa shape index (κ2) is 11.7. The van der Waals surface area contributed by atoms with Crippen LogP contribution in [0.1, 0.15) is 34.6 Å². The monoisotopic (exact) mass is 432 g/mol. The molecule has 6 heteroatoms. The van der Waals surface area contributed by atoms with Gasteiger partial charge >= 0.3 is 0 Å². The van der Waals surface area contributed by atoms with E-state index in [-0.39, 0.29) is 11.8 Å². The number of anilines is 1. The first kappa shape index (κ1) is 23.0. The van der Waals surface area contributed by atoms with Gasteiger partial charge < -0.3 is 20.3 Å². The Labute approximate surface area is 189 Å². The third kappa shape index (κ3) is 6.68. The van der Waals surface area contributed by atoms with Gasteiger partial charge in [0.25, 0.3) is 11.8 Å². The van der Waals surface area contributed by atoms with Crippen molar-refractivity contribution in [3.05, 3.63) is 90.0 Å². The van der Waals surface area contributed by atoms with E-state index in [1.165, 1.54) is 4.90 Å². The Morgan fingerprint density at radius 2 is 1.47 bits per heavy atom. The van der Waals surface area contributed by atoms with E-state index < -0.39 is 0 Å². The van der Waals surface area contributed by atoms with Crippen molar-refractivity contribution < 1.29 is 19.2 Å². The zero-order chi connectivity index (χ0) is 22.8. The third-order valence-corrected chi connectivity index (χ3v) is 5.24. The molecule has 0 unspecified atom stereocenters. The van der Waals surface area contributed by atoms with Crippen LogP contribution in [0.3, 0.4) is 0 Å². The SMILES string of the molecule is CC[NH+](CC)CCNC(=O)c1ccc(NC(=O)c2cccc(Oc3ccccc3)c2)cc1. The molecule has 32 heavy (non-hydrogen) atoms. The maximum absolute atomic E-state index is 12.7. The van der Waals surface area contributed by atoms with Crippen molar-refractivity contribution >= 4 is 17.5 Å². The van der Waals surface area contributed by atoms with Gasteiger partial charge in [0.2, 0.25) is 0 Å². The molecule has 0 aliphatic carbocycles. The number of para-hydroxylation sites is 1. The van der Waals surface area contributed by atoms with Gasteiger partial charge in [0, 0.05) is 16.8 Å². The van der Waals surface area contributed by atoms with E-state index in [9.17, 15) is 9.59 Å². The van der Waals surface area contributed by atoms with Gasteiger partial charge in [-0.1, -0.05) is 24.3 Å². The molecule has 0 atom stereocenters. The zero-order valence-electron chi connectivity index (χ0n) is 18.6. The summed E-state index contributed by atoms with van der Waals surface area (Å²) in [6.07, 6.45) is 0. The molecule has 0 radical (unpaired) electrons. The minimum atomic E-state index is -0.247. The molecule has 3 aromatic rings. The molecule has 0 bridgehead atoms. The van der Waals surface area contributed by atoms with Gasteiger partial charge in [0.15, 0.2) is 0 Å². The van der Waals surface area contributed by atoms with Crippen molar-refractivity contribution in [1.82, 2.24) is 5.32 Å². The second-order valence-electron chi connectivity index (χ2n) is 7.44. The summed E-state index contributed by atoms with van der Waals surface area (Å²) in [5.74, 6) is 0.933. The van der Waals surface area contributed by atoms with Crippen LogP contribution in [-0.4, -0.2) is 38.0 Å². The fraction of sp³-hybridized carbons (Fsp3) is 0.231. The van der Waals surface area contributed by atoms with Gasteiger partial charge in [0.1, 0.15) is 11.5 Å². The van der Waals surface area contributed by atoms with Crippen molar-refractivity contribution in [3.8, 4) is 11.5 Å². The molecule has 0 aromatic heterocycles. The maximum Gasteiger partial charge on any atom is 0.255 e. The van der Waals surface area contributed by atoms with Gasteiger partial charge in [-0.25, -0.2) is 0 Å². The van der Waals surface area contributed by atoms with Crippen LogP contribution in [0.5, 0.6) is 11.5 Å². The highest BCUT2D eigenvalue weighted by atomic mass is 16.5. The number of likely N-dealkylation sites (N-methyl/N-ethyl adjacent to an activating group) is 1. The van der Waals surface area contributed by atoms with Gasteiger partial charge in [-0.15, -0.1) is 0 Å². The van der Waals surface area contributed by atoms with Crippen LogP contribution in [0.15, 0.2) is 78.9 Å². The first-order valence-electron chi connectivity index (χ1n) is 10.9. The van der Waals surface area contributed by atoms with Gasteiger partial charge in [-0.3, -0.25) is 9.59 Å². The van der Waals surface area contributed by atoms with E-state index >= 15 is 0 Å². The van der Waals surface area contributed by atoms with Gasteiger partial charge in [0.05, 0.1) is 26.2 Å². The lowest BCUT2D eigenvalue weighted by Crippen LogP contribution is -3.12.